The molecule has 1 heterocycles. The van der Waals surface area contributed by atoms with Crippen molar-refractivity contribution >= 4 is 34.1 Å². The normalized spacial score (nSPS) is 15.7. The Balaban J connectivity index is 2.32. The van der Waals surface area contributed by atoms with Gasteiger partial charge in [0.1, 0.15) is 0 Å². The van der Waals surface area contributed by atoms with Crippen LogP contribution in [0.3, 0.4) is 0 Å². The summed E-state index contributed by atoms with van der Waals surface area (Å²) in [5, 5.41) is 2.41. The highest BCUT2D eigenvalue weighted by atomic mass is 35.5. The summed E-state index contributed by atoms with van der Waals surface area (Å²) in [6.45, 7) is 2.01. The van der Waals surface area contributed by atoms with Gasteiger partial charge >= 0.3 is 0 Å². The van der Waals surface area contributed by atoms with Gasteiger partial charge in [-0.3, -0.25) is 4.98 Å². The number of rotatable bonds is 1. The second kappa shape index (κ2) is 3.61. The van der Waals surface area contributed by atoms with E-state index in [9.17, 15) is 0 Å². The van der Waals surface area contributed by atoms with Crippen LogP contribution in [-0.2, 0) is 0 Å². The second-order valence-electron chi connectivity index (χ2n) is 4.45. The summed E-state index contributed by atoms with van der Waals surface area (Å²) < 4.78 is 0. The van der Waals surface area contributed by atoms with Crippen LogP contribution < -0.4 is 0 Å². The summed E-state index contributed by atoms with van der Waals surface area (Å²) >= 11 is 12.5. The molecule has 3 heteroatoms. The van der Waals surface area contributed by atoms with E-state index in [1.54, 1.807) is 0 Å². The first kappa shape index (κ1) is 10.4. The second-order valence-corrected chi connectivity index (χ2v) is 5.26. The quantitative estimate of drug-likeness (QED) is 0.715. The lowest BCUT2D eigenvalue weighted by atomic mass is 10.1. The van der Waals surface area contributed by atoms with Crippen molar-refractivity contribution in [3.05, 3.63) is 39.5 Å². The van der Waals surface area contributed by atoms with E-state index in [0.717, 1.165) is 27.2 Å². The number of hydrogen-bond donors (Lipinski definition) is 0. The van der Waals surface area contributed by atoms with Crippen LogP contribution in [0.5, 0.6) is 0 Å². The van der Waals surface area contributed by atoms with Crippen molar-refractivity contribution in [1.29, 1.82) is 0 Å². The monoisotopic (exact) mass is 251 g/mol. The lowest BCUT2D eigenvalue weighted by molar-refractivity contribution is 1.04. The third-order valence-electron chi connectivity index (χ3n) is 2.98. The van der Waals surface area contributed by atoms with E-state index in [2.05, 4.69) is 4.98 Å². The molecule has 3 rings (SSSR count). The van der Waals surface area contributed by atoms with Gasteiger partial charge in [-0.05, 0) is 43.5 Å². The molecule has 0 aliphatic heterocycles. The number of aromatic nitrogens is 1. The van der Waals surface area contributed by atoms with Crippen molar-refractivity contribution in [3.63, 3.8) is 0 Å². The number of hydrogen-bond acceptors (Lipinski definition) is 1. The summed E-state index contributed by atoms with van der Waals surface area (Å²) in [4.78, 5) is 4.62. The number of halogens is 2. The van der Waals surface area contributed by atoms with Crippen molar-refractivity contribution < 1.29 is 0 Å². The summed E-state index contributed by atoms with van der Waals surface area (Å²) in [5.74, 6) is 0.597. The molecule has 82 valence electrons. The minimum absolute atomic E-state index is 0.597. The number of aryl methyl sites for hydroxylation is 1. The molecule has 0 bridgehead atoms. The fourth-order valence-corrected chi connectivity index (χ4v) is 2.56. The maximum atomic E-state index is 6.28. The van der Waals surface area contributed by atoms with Gasteiger partial charge < -0.3 is 0 Å². The van der Waals surface area contributed by atoms with E-state index < -0.39 is 0 Å². The Labute approximate surface area is 104 Å². The highest BCUT2D eigenvalue weighted by molar-refractivity contribution is 6.39. The molecule has 2 aromatic rings. The van der Waals surface area contributed by atoms with Crippen LogP contribution in [0.15, 0.2) is 18.2 Å². The maximum Gasteiger partial charge on any atom is 0.0906 e. The zero-order chi connectivity index (χ0) is 11.3. The average Bonchev–Trinajstić information content (AvgIpc) is 3.02. The molecule has 1 fully saturated rings. The summed E-state index contributed by atoms with van der Waals surface area (Å²) in [6.07, 6.45) is 2.44. The van der Waals surface area contributed by atoms with Gasteiger partial charge in [-0.15, -0.1) is 0 Å². The zero-order valence-corrected chi connectivity index (χ0v) is 10.4. The van der Waals surface area contributed by atoms with Crippen molar-refractivity contribution in [2.75, 3.05) is 0 Å². The average molecular weight is 252 g/mol. The van der Waals surface area contributed by atoms with Crippen LogP contribution in [0.4, 0.5) is 0 Å². The molecule has 0 N–H and O–H groups in total. The van der Waals surface area contributed by atoms with Crippen molar-refractivity contribution in [1.82, 2.24) is 4.98 Å². The van der Waals surface area contributed by atoms with Gasteiger partial charge in [0.05, 0.1) is 15.6 Å². The molecule has 1 aromatic heterocycles. The van der Waals surface area contributed by atoms with Crippen molar-refractivity contribution in [2.45, 2.75) is 25.7 Å². The van der Waals surface area contributed by atoms with Gasteiger partial charge in [-0.1, -0.05) is 23.2 Å². The van der Waals surface area contributed by atoms with Gasteiger partial charge in [0.25, 0.3) is 0 Å². The van der Waals surface area contributed by atoms with E-state index in [1.165, 1.54) is 12.8 Å². The molecule has 0 unspecified atom stereocenters. The largest absolute Gasteiger partial charge is 0.251 e. The topological polar surface area (TPSA) is 12.9 Å². The Hall–Kier alpha value is -0.790. The van der Waals surface area contributed by atoms with Crippen LogP contribution >= 0.6 is 23.2 Å². The van der Waals surface area contributed by atoms with E-state index in [-0.39, 0.29) is 0 Å². The van der Waals surface area contributed by atoms with E-state index in [1.807, 2.05) is 25.1 Å². The third-order valence-corrected chi connectivity index (χ3v) is 3.58. The summed E-state index contributed by atoms with van der Waals surface area (Å²) in [7, 11) is 0. The number of fused-ring (bicyclic) bond motifs is 1. The minimum atomic E-state index is 0.597. The molecule has 0 saturated heterocycles. The molecular formula is C13H11Cl2N. The standard InChI is InChI=1S/C13H11Cl2N/c1-7-4-9-10(14)6-12(8-2-3-8)16-13(9)11(15)5-7/h4-6,8H,2-3H2,1H3. The fourth-order valence-electron chi connectivity index (χ4n) is 1.99. The Morgan fingerprint density at radius 2 is 1.88 bits per heavy atom. The molecule has 0 spiro atoms. The molecule has 1 saturated carbocycles. The molecular weight excluding hydrogens is 241 g/mol. The van der Waals surface area contributed by atoms with Crippen LogP contribution in [0.2, 0.25) is 10.0 Å². The summed E-state index contributed by atoms with van der Waals surface area (Å²) in [6, 6.07) is 5.95. The molecule has 1 aliphatic rings. The molecule has 1 aliphatic carbocycles. The lowest BCUT2D eigenvalue weighted by Crippen LogP contribution is -1.90. The van der Waals surface area contributed by atoms with Crippen LogP contribution in [0.25, 0.3) is 10.9 Å². The van der Waals surface area contributed by atoms with Gasteiger partial charge in [0, 0.05) is 17.0 Å². The molecule has 1 aromatic carbocycles. The molecule has 16 heavy (non-hydrogen) atoms. The van der Waals surface area contributed by atoms with Crippen LogP contribution in [-0.4, -0.2) is 4.98 Å². The summed E-state index contributed by atoms with van der Waals surface area (Å²) in [5.41, 5.74) is 3.03. The first-order valence-electron chi connectivity index (χ1n) is 5.41. The number of pyridine rings is 1. The van der Waals surface area contributed by atoms with Gasteiger partial charge in [-0.2, -0.15) is 0 Å². The maximum absolute atomic E-state index is 6.28. The van der Waals surface area contributed by atoms with E-state index in [4.69, 9.17) is 23.2 Å². The Bertz CT molecular complexity index is 574. The van der Waals surface area contributed by atoms with Crippen LogP contribution in [0.1, 0.15) is 30.0 Å². The van der Waals surface area contributed by atoms with Crippen LogP contribution in [0, 0.1) is 6.92 Å². The SMILES string of the molecule is Cc1cc(Cl)c2nc(C3CC3)cc(Cl)c2c1. The fraction of sp³-hybridized carbons (Fsp3) is 0.308. The Morgan fingerprint density at radius 1 is 1.12 bits per heavy atom. The molecule has 0 amide bonds. The van der Waals surface area contributed by atoms with Crippen molar-refractivity contribution in [2.24, 2.45) is 0 Å². The van der Waals surface area contributed by atoms with Gasteiger partial charge in [0.15, 0.2) is 0 Å². The molecule has 1 nitrogen and oxygen atoms in total. The molecule has 0 radical (unpaired) electrons. The predicted octanol–water partition coefficient (Wildman–Crippen LogP) is 4.73. The van der Waals surface area contributed by atoms with Gasteiger partial charge in [0.2, 0.25) is 0 Å². The zero-order valence-electron chi connectivity index (χ0n) is 8.93. The van der Waals surface area contributed by atoms with Crippen molar-refractivity contribution in [3.8, 4) is 0 Å². The Kier molecular flexibility index (Phi) is 2.34. The number of nitrogens with zero attached hydrogens (tertiary/aromatic N) is 1. The van der Waals surface area contributed by atoms with E-state index in [0.29, 0.717) is 10.9 Å². The predicted molar refractivity (Wildman–Crippen MR) is 68.5 cm³/mol. The first-order valence-corrected chi connectivity index (χ1v) is 6.17. The molecule has 0 atom stereocenters. The highest BCUT2D eigenvalue weighted by Gasteiger charge is 2.26. The third kappa shape index (κ3) is 1.68. The highest BCUT2D eigenvalue weighted by Crippen LogP contribution is 2.41. The number of benzene rings is 1. The lowest BCUT2D eigenvalue weighted by Gasteiger charge is -2.07. The first-order chi connectivity index (χ1) is 7.65. The Morgan fingerprint density at radius 3 is 2.56 bits per heavy atom. The smallest absolute Gasteiger partial charge is 0.0906 e. The van der Waals surface area contributed by atoms with E-state index >= 15 is 0 Å². The van der Waals surface area contributed by atoms with Gasteiger partial charge in [-0.25, -0.2) is 0 Å². The minimum Gasteiger partial charge on any atom is -0.251 e.